The zero-order valence-electron chi connectivity index (χ0n) is 12.2. The quantitative estimate of drug-likeness (QED) is 0.302. The summed E-state index contributed by atoms with van der Waals surface area (Å²) < 4.78 is 5.53. The first-order valence-corrected chi connectivity index (χ1v) is 7.10. The van der Waals surface area contributed by atoms with Gasteiger partial charge in [0.25, 0.3) is 5.69 Å². The van der Waals surface area contributed by atoms with Gasteiger partial charge in [0.1, 0.15) is 0 Å². The Bertz CT molecular complexity index is 497. The maximum Gasteiger partial charge on any atom is 0.269 e. The molecule has 1 fully saturated rings. The van der Waals surface area contributed by atoms with Crippen molar-refractivity contribution >= 4 is 11.5 Å². The van der Waals surface area contributed by atoms with Crippen LogP contribution in [0.4, 0.5) is 5.69 Å². The lowest BCUT2D eigenvalue weighted by Crippen LogP contribution is -2.29. The van der Waals surface area contributed by atoms with Gasteiger partial charge in [-0.2, -0.15) is 0 Å². The number of carbonyl (C=O) groups is 1. The van der Waals surface area contributed by atoms with E-state index in [1.165, 1.54) is 37.1 Å². The molecular weight excluding hydrogens is 272 g/mol. The fourth-order valence-corrected chi connectivity index (χ4v) is 1.94. The largest absolute Gasteiger partial charge is 0.380 e. The van der Waals surface area contributed by atoms with Crippen LogP contribution in [0.2, 0.25) is 0 Å². The molecule has 0 heterocycles. The number of ketones is 1. The summed E-state index contributed by atoms with van der Waals surface area (Å²) in [7, 11) is 1.86. The molecule has 2 rings (SSSR count). The van der Waals surface area contributed by atoms with E-state index < -0.39 is 4.92 Å². The van der Waals surface area contributed by atoms with Crippen molar-refractivity contribution in [2.24, 2.45) is 5.92 Å². The van der Waals surface area contributed by atoms with Gasteiger partial charge in [-0.25, -0.2) is 0 Å². The van der Waals surface area contributed by atoms with Gasteiger partial charge >= 0.3 is 0 Å². The Balaban J connectivity index is 1.72. The number of rotatable bonds is 9. The normalized spacial score (nSPS) is 14.4. The summed E-state index contributed by atoms with van der Waals surface area (Å²) >= 11 is 0. The van der Waals surface area contributed by atoms with Crippen LogP contribution in [0.5, 0.6) is 0 Å². The lowest BCUT2D eigenvalue weighted by atomic mass is 10.1. The third-order valence-corrected chi connectivity index (χ3v) is 3.48. The summed E-state index contributed by atoms with van der Waals surface area (Å²) in [5, 5.41) is 10.6. The van der Waals surface area contributed by atoms with Crippen LogP contribution in [0.25, 0.3) is 0 Å². The molecule has 114 valence electrons. The highest BCUT2D eigenvalue weighted by molar-refractivity contribution is 5.97. The summed E-state index contributed by atoms with van der Waals surface area (Å²) in [6, 6.07) is 5.70. The number of nitro groups is 1. The van der Waals surface area contributed by atoms with Crippen LogP contribution in [0.15, 0.2) is 24.3 Å². The Morgan fingerprint density at radius 3 is 2.62 bits per heavy atom. The van der Waals surface area contributed by atoms with Crippen LogP contribution in [0, 0.1) is 16.0 Å². The standard InChI is InChI=1S/C15H20N2O4/c1-16(8-9-21-11-12-2-3-12)10-15(18)13-4-6-14(7-5-13)17(19)20/h4-7,12H,2-3,8-11H2,1H3. The van der Waals surface area contributed by atoms with E-state index in [2.05, 4.69) is 0 Å². The number of Topliss-reactive ketones (excluding diaryl/α,β-unsaturated/α-hetero) is 1. The Labute approximate surface area is 123 Å². The molecule has 6 nitrogen and oxygen atoms in total. The van der Waals surface area contributed by atoms with Crippen molar-refractivity contribution in [2.45, 2.75) is 12.8 Å². The lowest BCUT2D eigenvalue weighted by molar-refractivity contribution is -0.384. The number of nitro benzene ring substituents is 1. The van der Waals surface area contributed by atoms with Crippen LogP contribution in [-0.4, -0.2) is 49.0 Å². The molecule has 0 aromatic heterocycles. The monoisotopic (exact) mass is 292 g/mol. The molecule has 1 aliphatic carbocycles. The zero-order chi connectivity index (χ0) is 15.2. The molecule has 0 bridgehead atoms. The van der Waals surface area contributed by atoms with E-state index in [0.717, 1.165) is 12.5 Å². The van der Waals surface area contributed by atoms with E-state index in [1.807, 2.05) is 11.9 Å². The second kappa shape index (κ2) is 7.28. The first kappa shape index (κ1) is 15.6. The van der Waals surface area contributed by atoms with E-state index >= 15 is 0 Å². The number of hydrogen-bond acceptors (Lipinski definition) is 5. The maximum absolute atomic E-state index is 12.0. The fraction of sp³-hybridized carbons (Fsp3) is 0.533. The van der Waals surface area contributed by atoms with Gasteiger partial charge in [-0.3, -0.25) is 19.8 Å². The van der Waals surface area contributed by atoms with E-state index in [4.69, 9.17) is 4.74 Å². The number of benzene rings is 1. The number of carbonyl (C=O) groups excluding carboxylic acids is 1. The first-order valence-electron chi connectivity index (χ1n) is 7.10. The molecule has 21 heavy (non-hydrogen) atoms. The van der Waals surface area contributed by atoms with Gasteiger partial charge in [0, 0.05) is 30.8 Å². The van der Waals surface area contributed by atoms with E-state index in [0.29, 0.717) is 18.7 Å². The van der Waals surface area contributed by atoms with Crippen molar-refractivity contribution < 1.29 is 14.5 Å². The third kappa shape index (κ3) is 5.24. The molecular formula is C15H20N2O4. The predicted molar refractivity (Wildman–Crippen MR) is 78.5 cm³/mol. The highest BCUT2D eigenvalue weighted by Crippen LogP contribution is 2.28. The first-order chi connectivity index (χ1) is 10.1. The molecule has 0 amide bonds. The van der Waals surface area contributed by atoms with Gasteiger partial charge in [0.15, 0.2) is 5.78 Å². The smallest absolute Gasteiger partial charge is 0.269 e. The second-order valence-electron chi connectivity index (χ2n) is 5.48. The average molecular weight is 292 g/mol. The SMILES string of the molecule is CN(CCOCC1CC1)CC(=O)c1ccc([N+](=O)[O-])cc1. The zero-order valence-corrected chi connectivity index (χ0v) is 12.2. The van der Waals surface area contributed by atoms with Crippen molar-refractivity contribution in [1.82, 2.24) is 4.90 Å². The van der Waals surface area contributed by atoms with Crippen molar-refractivity contribution in [3.05, 3.63) is 39.9 Å². The summed E-state index contributed by atoms with van der Waals surface area (Å²) in [5.74, 6) is 0.701. The Morgan fingerprint density at radius 2 is 2.05 bits per heavy atom. The fourth-order valence-electron chi connectivity index (χ4n) is 1.94. The minimum Gasteiger partial charge on any atom is -0.380 e. The van der Waals surface area contributed by atoms with Crippen molar-refractivity contribution in [2.75, 3.05) is 33.4 Å². The Morgan fingerprint density at radius 1 is 1.38 bits per heavy atom. The molecule has 1 aromatic carbocycles. The molecule has 1 aromatic rings. The molecule has 6 heteroatoms. The molecule has 1 aliphatic rings. The topological polar surface area (TPSA) is 72.7 Å². The summed E-state index contributed by atoms with van der Waals surface area (Å²) in [5.41, 5.74) is 0.486. The van der Waals surface area contributed by atoms with Crippen molar-refractivity contribution in [3.8, 4) is 0 Å². The molecule has 0 radical (unpaired) electrons. The van der Waals surface area contributed by atoms with Crippen molar-refractivity contribution in [3.63, 3.8) is 0 Å². The molecule has 1 saturated carbocycles. The van der Waals surface area contributed by atoms with E-state index in [1.54, 1.807) is 0 Å². The molecule has 0 aliphatic heterocycles. The van der Waals surface area contributed by atoms with E-state index in [9.17, 15) is 14.9 Å². The van der Waals surface area contributed by atoms with Gasteiger partial charge in [-0.1, -0.05) is 0 Å². The number of hydrogen-bond donors (Lipinski definition) is 0. The van der Waals surface area contributed by atoms with Crippen LogP contribution in [0.3, 0.4) is 0 Å². The minimum atomic E-state index is -0.475. The second-order valence-corrected chi connectivity index (χ2v) is 5.48. The Kier molecular flexibility index (Phi) is 5.41. The van der Waals surface area contributed by atoms with E-state index in [-0.39, 0.29) is 18.0 Å². The maximum atomic E-state index is 12.0. The molecule has 0 N–H and O–H groups in total. The number of likely N-dealkylation sites (N-methyl/N-ethyl adjacent to an activating group) is 1. The van der Waals surface area contributed by atoms with Crippen LogP contribution < -0.4 is 0 Å². The van der Waals surface area contributed by atoms with Crippen LogP contribution in [-0.2, 0) is 4.74 Å². The molecule has 0 spiro atoms. The molecule has 0 atom stereocenters. The average Bonchev–Trinajstić information content (AvgIpc) is 3.28. The predicted octanol–water partition coefficient (Wildman–Crippen LogP) is 2.14. The highest BCUT2D eigenvalue weighted by Gasteiger charge is 2.21. The van der Waals surface area contributed by atoms with Gasteiger partial charge in [0.2, 0.25) is 0 Å². The van der Waals surface area contributed by atoms with Gasteiger partial charge < -0.3 is 4.74 Å². The summed E-state index contributed by atoms with van der Waals surface area (Å²) in [4.78, 5) is 24.0. The molecule has 0 saturated heterocycles. The summed E-state index contributed by atoms with van der Waals surface area (Å²) in [6.45, 7) is 2.43. The molecule has 0 unspecified atom stereocenters. The lowest BCUT2D eigenvalue weighted by Gasteiger charge is -2.15. The number of ether oxygens (including phenoxy) is 1. The number of non-ortho nitro benzene ring substituents is 1. The van der Waals surface area contributed by atoms with Gasteiger partial charge in [-0.15, -0.1) is 0 Å². The van der Waals surface area contributed by atoms with Gasteiger partial charge in [-0.05, 0) is 37.9 Å². The van der Waals surface area contributed by atoms with Crippen molar-refractivity contribution in [1.29, 1.82) is 0 Å². The number of nitrogens with zero attached hydrogens (tertiary/aromatic N) is 2. The van der Waals surface area contributed by atoms with Crippen LogP contribution in [0.1, 0.15) is 23.2 Å². The minimum absolute atomic E-state index is 0.00613. The summed E-state index contributed by atoms with van der Waals surface area (Å²) in [6.07, 6.45) is 2.54. The third-order valence-electron chi connectivity index (χ3n) is 3.48. The van der Waals surface area contributed by atoms with Crippen LogP contribution >= 0.6 is 0 Å². The highest BCUT2D eigenvalue weighted by atomic mass is 16.6. The van der Waals surface area contributed by atoms with Gasteiger partial charge in [0.05, 0.1) is 18.1 Å². The Hall–Kier alpha value is -1.79.